The standard InChI is InChI=1S/C53H41F2N/c1-5-6-7-14-33(2)38-15-10-13-20-51(38)56(36-23-27-41-39-16-8-11-18-45(39)52(3,4)47(41)31-36)37-24-28-44-40-17-9-12-19-46(40)53(50(44)32-37)48-29-34(54)21-25-42(48)43-26-22-35(55)30-49(43)53/h6-32H,5H2,1-4H3/b7-6-,33-14+. The van der Waals surface area contributed by atoms with Crippen molar-refractivity contribution in [2.45, 2.75) is 44.9 Å². The first-order valence-electron chi connectivity index (χ1n) is 19.6. The quantitative estimate of drug-likeness (QED) is 0.154. The molecule has 0 atom stereocenters. The first-order chi connectivity index (χ1) is 27.2. The van der Waals surface area contributed by atoms with Crippen LogP contribution in [0.5, 0.6) is 0 Å². The molecule has 7 aromatic carbocycles. The third kappa shape index (κ3) is 4.76. The van der Waals surface area contributed by atoms with Crippen LogP contribution in [0.2, 0.25) is 0 Å². The van der Waals surface area contributed by atoms with Crippen LogP contribution in [0.4, 0.5) is 25.8 Å². The summed E-state index contributed by atoms with van der Waals surface area (Å²) in [5.74, 6) is -0.620. The Hall–Kier alpha value is -6.32. The van der Waals surface area contributed by atoms with Crippen molar-refractivity contribution in [3.63, 3.8) is 0 Å². The molecule has 3 aliphatic rings. The Kier molecular flexibility index (Phi) is 7.70. The molecule has 0 N–H and O–H groups in total. The van der Waals surface area contributed by atoms with Gasteiger partial charge in [-0.3, -0.25) is 0 Å². The molecule has 0 aromatic heterocycles. The molecule has 0 saturated carbocycles. The van der Waals surface area contributed by atoms with Crippen LogP contribution in [0, 0.1) is 11.6 Å². The summed E-state index contributed by atoms with van der Waals surface area (Å²) in [6.45, 7) is 8.95. The van der Waals surface area contributed by atoms with Crippen molar-refractivity contribution in [1.29, 1.82) is 0 Å². The zero-order chi connectivity index (χ0) is 38.3. The maximum absolute atomic E-state index is 15.5. The summed E-state index contributed by atoms with van der Waals surface area (Å²) in [7, 11) is 0. The molecule has 3 heteroatoms. The van der Waals surface area contributed by atoms with E-state index in [2.05, 4.69) is 154 Å². The average molecular weight is 730 g/mol. The Bertz CT molecular complexity index is 2770. The molecule has 0 aliphatic heterocycles. The van der Waals surface area contributed by atoms with Crippen molar-refractivity contribution in [2.75, 3.05) is 4.90 Å². The SMILES string of the molecule is CC/C=C\C=C(/C)c1ccccc1N(c1ccc2c(c1)C(C)(C)c1ccccc1-2)c1ccc2c(c1)C1(c3ccccc3-2)c2cc(F)ccc2-c2ccc(F)cc21. The van der Waals surface area contributed by atoms with Crippen molar-refractivity contribution in [3.8, 4) is 33.4 Å². The minimum absolute atomic E-state index is 0.192. The third-order valence-corrected chi connectivity index (χ3v) is 12.5. The minimum atomic E-state index is -0.912. The number of fused-ring (bicyclic) bond motifs is 13. The predicted molar refractivity (Wildman–Crippen MR) is 228 cm³/mol. The molecule has 0 amide bonds. The number of para-hydroxylation sites is 1. The molecule has 0 bridgehead atoms. The van der Waals surface area contributed by atoms with Gasteiger partial charge in [0.05, 0.1) is 11.1 Å². The molecule has 0 radical (unpaired) electrons. The second-order valence-corrected chi connectivity index (χ2v) is 15.8. The van der Waals surface area contributed by atoms with Crippen molar-refractivity contribution in [1.82, 2.24) is 0 Å². The van der Waals surface area contributed by atoms with E-state index in [0.29, 0.717) is 0 Å². The second-order valence-electron chi connectivity index (χ2n) is 15.8. The maximum atomic E-state index is 15.5. The van der Waals surface area contributed by atoms with Crippen molar-refractivity contribution >= 4 is 22.6 Å². The highest BCUT2D eigenvalue weighted by Gasteiger charge is 2.52. The first-order valence-corrected chi connectivity index (χ1v) is 19.6. The Morgan fingerprint density at radius 3 is 1.66 bits per heavy atom. The molecule has 0 heterocycles. The van der Waals surface area contributed by atoms with E-state index in [1.54, 1.807) is 12.1 Å². The molecule has 3 aliphatic carbocycles. The summed E-state index contributed by atoms with van der Waals surface area (Å²) >= 11 is 0. The summed E-state index contributed by atoms with van der Waals surface area (Å²) < 4.78 is 31.0. The fraction of sp³-hybridized carbons (Fsp3) is 0.132. The van der Waals surface area contributed by atoms with Gasteiger partial charge in [-0.1, -0.05) is 130 Å². The fourth-order valence-electron chi connectivity index (χ4n) is 9.95. The van der Waals surface area contributed by atoms with E-state index in [4.69, 9.17) is 0 Å². The minimum Gasteiger partial charge on any atom is -0.310 e. The molecule has 1 nitrogen and oxygen atoms in total. The summed E-state index contributed by atoms with van der Waals surface area (Å²) in [6.07, 6.45) is 7.46. The van der Waals surface area contributed by atoms with Gasteiger partial charge in [0.15, 0.2) is 0 Å². The molecular formula is C53H41F2N. The molecule has 0 unspecified atom stereocenters. The van der Waals surface area contributed by atoms with Gasteiger partial charge in [-0.2, -0.15) is 0 Å². The van der Waals surface area contributed by atoms with E-state index in [0.717, 1.165) is 79.1 Å². The van der Waals surface area contributed by atoms with Gasteiger partial charge < -0.3 is 4.90 Å². The number of benzene rings is 7. The monoisotopic (exact) mass is 729 g/mol. The van der Waals surface area contributed by atoms with E-state index >= 15 is 8.78 Å². The van der Waals surface area contributed by atoms with Crippen LogP contribution in [0.25, 0.3) is 39.0 Å². The Labute approximate surface area is 327 Å². The van der Waals surface area contributed by atoms with Gasteiger partial charge in [0.1, 0.15) is 11.6 Å². The Morgan fingerprint density at radius 1 is 0.536 bits per heavy atom. The highest BCUT2D eigenvalue weighted by atomic mass is 19.1. The van der Waals surface area contributed by atoms with Crippen molar-refractivity contribution in [2.24, 2.45) is 0 Å². The largest absolute Gasteiger partial charge is 0.310 e. The fourth-order valence-corrected chi connectivity index (χ4v) is 9.95. The number of anilines is 3. The van der Waals surface area contributed by atoms with E-state index in [1.807, 2.05) is 18.2 Å². The molecule has 272 valence electrons. The zero-order valence-corrected chi connectivity index (χ0v) is 32.0. The summed E-state index contributed by atoms with van der Waals surface area (Å²) in [5.41, 5.74) is 17.1. The van der Waals surface area contributed by atoms with Crippen LogP contribution in [-0.4, -0.2) is 0 Å². The highest BCUT2D eigenvalue weighted by molar-refractivity contribution is 5.97. The normalized spacial score (nSPS) is 15.0. The number of halogens is 2. The molecule has 1 spiro atoms. The van der Waals surface area contributed by atoms with Gasteiger partial charge in [0.25, 0.3) is 0 Å². The van der Waals surface area contributed by atoms with Gasteiger partial charge in [-0.25, -0.2) is 8.78 Å². The van der Waals surface area contributed by atoms with Gasteiger partial charge in [-0.15, -0.1) is 0 Å². The molecule has 0 saturated heterocycles. The van der Waals surface area contributed by atoms with Crippen molar-refractivity contribution < 1.29 is 8.78 Å². The Balaban J connectivity index is 1.26. The molecule has 7 aromatic rings. The van der Waals surface area contributed by atoms with Crippen LogP contribution in [0.3, 0.4) is 0 Å². The highest BCUT2D eigenvalue weighted by Crippen LogP contribution is 2.63. The van der Waals surface area contributed by atoms with Crippen LogP contribution < -0.4 is 4.90 Å². The van der Waals surface area contributed by atoms with Crippen LogP contribution in [0.15, 0.2) is 164 Å². The van der Waals surface area contributed by atoms with E-state index < -0.39 is 5.41 Å². The Morgan fingerprint density at radius 2 is 1.02 bits per heavy atom. The summed E-state index contributed by atoms with van der Waals surface area (Å²) in [4.78, 5) is 2.38. The lowest BCUT2D eigenvalue weighted by Gasteiger charge is -2.33. The topological polar surface area (TPSA) is 3.24 Å². The molecule has 56 heavy (non-hydrogen) atoms. The van der Waals surface area contributed by atoms with E-state index in [9.17, 15) is 0 Å². The first kappa shape index (κ1) is 34.2. The van der Waals surface area contributed by atoms with Gasteiger partial charge in [0, 0.05) is 22.4 Å². The average Bonchev–Trinajstić information content (AvgIpc) is 3.76. The lowest BCUT2D eigenvalue weighted by atomic mass is 9.70. The lowest BCUT2D eigenvalue weighted by molar-refractivity contribution is 0.618. The lowest BCUT2D eigenvalue weighted by Crippen LogP contribution is -2.26. The molecule has 10 rings (SSSR count). The van der Waals surface area contributed by atoms with Crippen molar-refractivity contribution in [3.05, 3.63) is 214 Å². The number of hydrogen-bond acceptors (Lipinski definition) is 1. The van der Waals surface area contributed by atoms with Crippen LogP contribution >= 0.6 is 0 Å². The van der Waals surface area contributed by atoms with Gasteiger partial charge >= 0.3 is 0 Å². The van der Waals surface area contributed by atoms with Crippen LogP contribution in [-0.2, 0) is 10.8 Å². The predicted octanol–water partition coefficient (Wildman–Crippen LogP) is 14.5. The molecule has 0 fully saturated rings. The number of rotatable bonds is 6. The number of allylic oxidation sites excluding steroid dienone is 4. The second kappa shape index (κ2) is 12.6. The smallest absolute Gasteiger partial charge is 0.123 e. The van der Waals surface area contributed by atoms with Gasteiger partial charge in [-0.05, 0) is 140 Å². The van der Waals surface area contributed by atoms with E-state index in [1.165, 1.54) is 34.4 Å². The van der Waals surface area contributed by atoms with Gasteiger partial charge in [0.2, 0.25) is 0 Å². The summed E-state index contributed by atoms with van der Waals surface area (Å²) in [5, 5.41) is 0. The zero-order valence-electron chi connectivity index (χ0n) is 32.0. The number of hydrogen-bond donors (Lipinski definition) is 0. The summed E-state index contributed by atoms with van der Waals surface area (Å²) in [6, 6.07) is 49.4. The third-order valence-electron chi connectivity index (χ3n) is 12.5. The maximum Gasteiger partial charge on any atom is 0.123 e. The van der Waals surface area contributed by atoms with Crippen LogP contribution in [0.1, 0.15) is 73.1 Å². The number of nitrogens with zero attached hydrogens (tertiary/aromatic N) is 1. The van der Waals surface area contributed by atoms with E-state index in [-0.39, 0.29) is 17.0 Å². The molecular weight excluding hydrogens is 689 g/mol.